The maximum atomic E-state index is 13.2. The average molecular weight is 410 g/mol. The number of benzene rings is 3. The van der Waals surface area contributed by atoms with Gasteiger partial charge in [0, 0.05) is 12.7 Å². The number of carbonyl (C=O) groups is 1. The number of amides is 1. The summed E-state index contributed by atoms with van der Waals surface area (Å²) in [7, 11) is 0. The van der Waals surface area contributed by atoms with E-state index in [1.54, 1.807) is 16.0 Å². The van der Waals surface area contributed by atoms with Crippen molar-refractivity contribution >= 4 is 28.0 Å². The van der Waals surface area contributed by atoms with Gasteiger partial charge in [0.25, 0.3) is 5.91 Å². The fourth-order valence-corrected chi connectivity index (χ4v) is 4.29. The third-order valence-electron chi connectivity index (χ3n) is 5.05. The van der Waals surface area contributed by atoms with Crippen molar-refractivity contribution in [2.45, 2.75) is 6.54 Å². The van der Waals surface area contributed by atoms with E-state index in [-0.39, 0.29) is 5.91 Å². The van der Waals surface area contributed by atoms with E-state index in [4.69, 9.17) is 5.10 Å². The minimum atomic E-state index is -0.131. The van der Waals surface area contributed by atoms with Gasteiger partial charge in [-0.15, -0.1) is 11.3 Å². The Morgan fingerprint density at radius 2 is 1.70 bits per heavy atom. The molecule has 0 bridgehead atoms. The second-order valence-electron chi connectivity index (χ2n) is 6.97. The quantitative estimate of drug-likeness (QED) is 0.406. The molecule has 5 aromatic rings. The predicted octanol–water partition coefficient (Wildman–Crippen LogP) is 5.68. The largest absolute Gasteiger partial charge is 0.348 e. The summed E-state index contributed by atoms with van der Waals surface area (Å²) in [4.78, 5) is 14.1. The molecule has 0 unspecified atom stereocenters. The van der Waals surface area contributed by atoms with E-state index in [1.165, 1.54) is 5.39 Å². The Labute approximate surface area is 178 Å². The number of aromatic nitrogens is 2. The van der Waals surface area contributed by atoms with Crippen LogP contribution in [0.4, 0.5) is 0 Å². The molecule has 4 nitrogen and oxygen atoms in total. The van der Waals surface area contributed by atoms with E-state index in [1.807, 2.05) is 72.2 Å². The molecule has 2 aromatic heterocycles. The maximum Gasteiger partial charge on any atom is 0.255 e. The highest BCUT2D eigenvalue weighted by Gasteiger charge is 2.19. The number of hydrogen-bond donors (Lipinski definition) is 1. The molecular weight excluding hydrogens is 390 g/mol. The average Bonchev–Trinajstić information content (AvgIpc) is 3.48. The van der Waals surface area contributed by atoms with Crippen molar-refractivity contribution in [2.24, 2.45) is 0 Å². The van der Waals surface area contributed by atoms with Gasteiger partial charge in [0.2, 0.25) is 0 Å². The SMILES string of the molecule is O=C(NCc1cccc2ccccc12)c1cn(-c2ccccc2)nc1-c1cccs1. The first-order valence-electron chi connectivity index (χ1n) is 9.73. The number of para-hydroxylation sites is 1. The lowest BCUT2D eigenvalue weighted by Crippen LogP contribution is -2.23. The van der Waals surface area contributed by atoms with Gasteiger partial charge in [-0.25, -0.2) is 4.68 Å². The van der Waals surface area contributed by atoms with Crippen molar-refractivity contribution in [3.05, 3.63) is 108 Å². The van der Waals surface area contributed by atoms with Crippen LogP contribution in [0.25, 0.3) is 27.0 Å². The minimum absolute atomic E-state index is 0.131. The summed E-state index contributed by atoms with van der Waals surface area (Å²) in [6.07, 6.45) is 1.81. The van der Waals surface area contributed by atoms with Gasteiger partial charge in [0.05, 0.1) is 16.1 Å². The molecule has 0 fully saturated rings. The van der Waals surface area contributed by atoms with Crippen LogP contribution in [0.3, 0.4) is 0 Å². The number of nitrogens with one attached hydrogen (secondary N) is 1. The molecule has 30 heavy (non-hydrogen) atoms. The van der Waals surface area contributed by atoms with Gasteiger partial charge in [-0.2, -0.15) is 5.10 Å². The monoisotopic (exact) mass is 409 g/mol. The van der Waals surface area contributed by atoms with E-state index >= 15 is 0 Å². The lowest BCUT2D eigenvalue weighted by atomic mass is 10.0. The molecule has 0 atom stereocenters. The zero-order valence-corrected chi connectivity index (χ0v) is 17.0. The van der Waals surface area contributed by atoms with Crippen LogP contribution in [0.2, 0.25) is 0 Å². The molecule has 0 aliphatic heterocycles. The van der Waals surface area contributed by atoms with Crippen LogP contribution in [0.1, 0.15) is 15.9 Å². The van der Waals surface area contributed by atoms with Crippen LogP contribution in [-0.2, 0) is 6.54 Å². The van der Waals surface area contributed by atoms with Crippen molar-refractivity contribution in [1.82, 2.24) is 15.1 Å². The molecular formula is C25H19N3OS. The number of thiophene rings is 1. The zero-order chi connectivity index (χ0) is 20.3. The fourth-order valence-electron chi connectivity index (χ4n) is 3.57. The molecule has 1 N–H and O–H groups in total. The number of nitrogens with zero attached hydrogens (tertiary/aromatic N) is 2. The van der Waals surface area contributed by atoms with Crippen molar-refractivity contribution in [2.75, 3.05) is 0 Å². The van der Waals surface area contributed by atoms with Crippen LogP contribution in [-0.4, -0.2) is 15.7 Å². The number of carbonyl (C=O) groups excluding carboxylic acids is 1. The second-order valence-corrected chi connectivity index (χ2v) is 7.92. The third-order valence-corrected chi connectivity index (χ3v) is 5.93. The Kier molecular flexibility index (Phi) is 4.87. The van der Waals surface area contributed by atoms with Crippen molar-refractivity contribution in [1.29, 1.82) is 0 Å². The van der Waals surface area contributed by atoms with Crippen LogP contribution in [0.5, 0.6) is 0 Å². The van der Waals surface area contributed by atoms with E-state index in [0.717, 1.165) is 21.5 Å². The molecule has 0 saturated carbocycles. The number of rotatable bonds is 5. The summed E-state index contributed by atoms with van der Waals surface area (Å²) in [5.74, 6) is -0.131. The first-order chi connectivity index (χ1) is 14.8. The molecule has 0 radical (unpaired) electrons. The molecule has 146 valence electrons. The van der Waals surface area contributed by atoms with E-state index in [0.29, 0.717) is 17.8 Å². The Bertz CT molecular complexity index is 1300. The van der Waals surface area contributed by atoms with Gasteiger partial charge in [0.1, 0.15) is 5.69 Å². The first kappa shape index (κ1) is 18.3. The Morgan fingerprint density at radius 3 is 2.53 bits per heavy atom. The maximum absolute atomic E-state index is 13.2. The number of fused-ring (bicyclic) bond motifs is 1. The summed E-state index contributed by atoms with van der Waals surface area (Å²) in [5.41, 5.74) is 3.28. The van der Waals surface area contributed by atoms with E-state index in [2.05, 4.69) is 29.6 Å². The van der Waals surface area contributed by atoms with Gasteiger partial charge in [-0.05, 0) is 39.9 Å². The minimum Gasteiger partial charge on any atom is -0.348 e. The predicted molar refractivity (Wildman–Crippen MR) is 122 cm³/mol. The highest BCUT2D eigenvalue weighted by Crippen LogP contribution is 2.28. The highest BCUT2D eigenvalue weighted by molar-refractivity contribution is 7.13. The summed E-state index contributed by atoms with van der Waals surface area (Å²) < 4.78 is 1.77. The van der Waals surface area contributed by atoms with Crippen LogP contribution >= 0.6 is 11.3 Å². The first-order valence-corrected chi connectivity index (χ1v) is 10.6. The molecule has 5 heteroatoms. The summed E-state index contributed by atoms with van der Waals surface area (Å²) in [6, 6.07) is 28.2. The molecule has 0 aliphatic rings. The van der Waals surface area contributed by atoms with Gasteiger partial charge in [0.15, 0.2) is 0 Å². The second kappa shape index (κ2) is 7.97. The van der Waals surface area contributed by atoms with Crippen molar-refractivity contribution in [3.8, 4) is 16.3 Å². The summed E-state index contributed by atoms with van der Waals surface area (Å²) >= 11 is 1.58. The molecule has 5 rings (SSSR count). The standard InChI is InChI=1S/C25H19N3OS/c29-25(26-16-19-10-6-9-18-8-4-5-13-21(18)19)22-17-28(20-11-2-1-3-12-20)27-24(22)23-14-7-15-30-23/h1-15,17H,16H2,(H,26,29). The van der Waals surface area contributed by atoms with E-state index in [9.17, 15) is 4.79 Å². The molecule has 1 amide bonds. The lowest BCUT2D eigenvalue weighted by molar-refractivity contribution is 0.0951. The van der Waals surface area contributed by atoms with E-state index < -0.39 is 0 Å². The molecule has 2 heterocycles. The van der Waals surface area contributed by atoms with Gasteiger partial charge in [-0.3, -0.25) is 4.79 Å². The normalized spacial score (nSPS) is 10.9. The smallest absolute Gasteiger partial charge is 0.255 e. The molecule has 0 spiro atoms. The van der Waals surface area contributed by atoms with Crippen LogP contribution in [0.15, 0.2) is 96.5 Å². The van der Waals surface area contributed by atoms with Crippen LogP contribution < -0.4 is 5.32 Å². The number of hydrogen-bond acceptors (Lipinski definition) is 3. The molecule has 3 aromatic carbocycles. The lowest BCUT2D eigenvalue weighted by Gasteiger charge is -2.08. The zero-order valence-electron chi connectivity index (χ0n) is 16.2. The highest BCUT2D eigenvalue weighted by atomic mass is 32.1. The van der Waals surface area contributed by atoms with Gasteiger partial charge in [-0.1, -0.05) is 66.7 Å². The molecule has 0 saturated heterocycles. The Hall–Kier alpha value is -3.70. The van der Waals surface area contributed by atoms with Gasteiger partial charge >= 0.3 is 0 Å². The van der Waals surface area contributed by atoms with Crippen molar-refractivity contribution < 1.29 is 4.79 Å². The topological polar surface area (TPSA) is 46.9 Å². The molecule has 0 aliphatic carbocycles. The van der Waals surface area contributed by atoms with Crippen LogP contribution in [0, 0.1) is 0 Å². The Balaban J connectivity index is 1.47. The summed E-state index contributed by atoms with van der Waals surface area (Å²) in [6.45, 7) is 0.459. The third kappa shape index (κ3) is 3.51. The van der Waals surface area contributed by atoms with Gasteiger partial charge < -0.3 is 5.32 Å². The summed E-state index contributed by atoms with van der Waals surface area (Å²) in [5, 5.41) is 12.1. The fraction of sp³-hybridized carbons (Fsp3) is 0.0400. The Morgan fingerprint density at radius 1 is 0.900 bits per heavy atom. The van der Waals surface area contributed by atoms with Crippen molar-refractivity contribution in [3.63, 3.8) is 0 Å².